The summed E-state index contributed by atoms with van der Waals surface area (Å²) in [5.74, 6) is -1.90. The van der Waals surface area contributed by atoms with Gasteiger partial charge in [0.2, 0.25) is 5.91 Å². The van der Waals surface area contributed by atoms with Crippen molar-refractivity contribution in [2.24, 2.45) is 5.92 Å². The Balaban J connectivity index is 1.25. The van der Waals surface area contributed by atoms with E-state index in [2.05, 4.69) is 34.9 Å². The summed E-state index contributed by atoms with van der Waals surface area (Å²) in [4.78, 5) is 35.3. The molecule has 1 fully saturated rings. The number of hydrogen-bond donors (Lipinski definition) is 3. The summed E-state index contributed by atoms with van der Waals surface area (Å²) in [5, 5.41) is 14.0. The van der Waals surface area contributed by atoms with E-state index in [1.807, 2.05) is 24.3 Å². The molecule has 2 aromatic rings. The fourth-order valence-electron chi connectivity index (χ4n) is 4.27. The Hall–Kier alpha value is -3.39. The first kappa shape index (κ1) is 21.8. The van der Waals surface area contributed by atoms with Crippen LogP contribution in [0.1, 0.15) is 30.4 Å². The molecule has 0 saturated carbocycles. The van der Waals surface area contributed by atoms with Crippen molar-refractivity contribution in [3.8, 4) is 11.1 Å². The van der Waals surface area contributed by atoms with Crippen LogP contribution in [0.4, 0.5) is 4.79 Å². The number of carboxylic acid groups (broad SMARTS) is 1. The third-order valence-corrected chi connectivity index (χ3v) is 6.00. The van der Waals surface area contributed by atoms with Crippen LogP contribution in [0.3, 0.4) is 0 Å². The lowest BCUT2D eigenvalue weighted by molar-refractivity contribution is -0.141. The zero-order valence-corrected chi connectivity index (χ0v) is 17.7. The summed E-state index contributed by atoms with van der Waals surface area (Å²) in [6.45, 7) is 2.04. The molecule has 8 nitrogen and oxygen atoms in total. The number of hydrogen-bond acceptors (Lipinski definition) is 5. The Labute approximate surface area is 185 Å². The second-order valence-corrected chi connectivity index (χ2v) is 8.16. The molecule has 1 heterocycles. The molecule has 4 rings (SSSR count). The smallest absolute Gasteiger partial charge is 0.407 e. The minimum atomic E-state index is -1.09. The van der Waals surface area contributed by atoms with Crippen molar-refractivity contribution in [1.29, 1.82) is 0 Å². The van der Waals surface area contributed by atoms with Gasteiger partial charge in [-0.15, -0.1) is 0 Å². The zero-order chi connectivity index (χ0) is 22.7. The topological polar surface area (TPSA) is 114 Å². The van der Waals surface area contributed by atoms with Gasteiger partial charge in [-0.2, -0.15) is 0 Å². The Morgan fingerprint density at radius 1 is 1.09 bits per heavy atom. The number of carbonyl (C=O) groups is 3. The van der Waals surface area contributed by atoms with Crippen LogP contribution in [-0.2, 0) is 19.1 Å². The van der Waals surface area contributed by atoms with Gasteiger partial charge in [0.15, 0.2) is 0 Å². The molecule has 8 heteroatoms. The molecule has 2 aromatic carbocycles. The van der Waals surface area contributed by atoms with Gasteiger partial charge in [0, 0.05) is 12.5 Å². The van der Waals surface area contributed by atoms with Crippen LogP contribution in [0.5, 0.6) is 0 Å². The maximum atomic E-state index is 12.3. The number of alkyl carbamates (subject to hydrolysis) is 1. The number of nitrogens with one attached hydrogen (secondary N) is 2. The third-order valence-electron chi connectivity index (χ3n) is 6.00. The summed E-state index contributed by atoms with van der Waals surface area (Å²) < 4.78 is 11.1. The molecular formula is C24H26N2O6. The average Bonchev–Trinajstić information content (AvgIpc) is 3.39. The van der Waals surface area contributed by atoms with Gasteiger partial charge >= 0.3 is 12.1 Å². The standard InChI is InChI=1S/C24H26N2O6/c1-14(23(28)29)26-22(27)15-10-16(31-12-15)11-25-24(30)32-13-21-19-8-4-2-6-17(19)18-7-3-5-9-20(18)21/h2-9,14-16,21H,10-13H2,1H3,(H,25,30)(H,26,27)(H,28,29)/t14-,15+,16+/m1/s1. The Kier molecular flexibility index (Phi) is 6.41. The van der Waals surface area contributed by atoms with Gasteiger partial charge < -0.3 is 25.2 Å². The van der Waals surface area contributed by atoms with Crippen molar-refractivity contribution >= 4 is 18.0 Å². The van der Waals surface area contributed by atoms with Crippen molar-refractivity contribution in [1.82, 2.24) is 10.6 Å². The molecule has 0 spiro atoms. The van der Waals surface area contributed by atoms with E-state index < -0.39 is 24.0 Å². The lowest BCUT2D eigenvalue weighted by atomic mass is 9.98. The van der Waals surface area contributed by atoms with Gasteiger partial charge in [-0.25, -0.2) is 4.79 Å². The third kappa shape index (κ3) is 4.60. The van der Waals surface area contributed by atoms with Crippen molar-refractivity contribution in [3.63, 3.8) is 0 Å². The number of amides is 2. The Bertz CT molecular complexity index is 978. The van der Waals surface area contributed by atoms with Crippen LogP contribution in [0, 0.1) is 5.92 Å². The van der Waals surface area contributed by atoms with E-state index in [0.29, 0.717) is 6.42 Å². The normalized spacial score (nSPS) is 20.2. The van der Waals surface area contributed by atoms with Gasteiger partial charge in [-0.05, 0) is 35.6 Å². The highest BCUT2D eigenvalue weighted by Crippen LogP contribution is 2.44. The van der Waals surface area contributed by atoms with Crippen molar-refractivity contribution in [3.05, 3.63) is 59.7 Å². The fourth-order valence-corrected chi connectivity index (χ4v) is 4.27. The molecule has 3 atom stereocenters. The fraction of sp³-hybridized carbons (Fsp3) is 0.375. The number of fused-ring (bicyclic) bond motifs is 3. The molecule has 2 aliphatic rings. The molecule has 0 radical (unpaired) electrons. The molecule has 2 amide bonds. The molecular weight excluding hydrogens is 412 g/mol. The van der Waals surface area contributed by atoms with Gasteiger partial charge in [-0.1, -0.05) is 48.5 Å². The van der Waals surface area contributed by atoms with Crippen LogP contribution in [0.15, 0.2) is 48.5 Å². The maximum Gasteiger partial charge on any atom is 0.407 e. The molecule has 0 aromatic heterocycles. The SMILES string of the molecule is C[C@@H](NC(=O)[C@@H]1CO[C@H](CNC(=O)OCC2c3ccccc3-c3ccccc32)C1)C(=O)O. The largest absolute Gasteiger partial charge is 0.480 e. The highest BCUT2D eigenvalue weighted by atomic mass is 16.5. The number of ether oxygens (including phenoxy) is 2. The summed E-state index contributed by atoms with van der Waals surface area (Å²) in [5.41, 5.74) is 4.62. The predicted octanol–water partition coefficient (Wildman–Crippen LogP) is 2.52. The number of carboxylic acids is 1. The molecule has 1 aliphatic heterocycles. The summed E-state index contributed by atoms with van der Waals surface area (Å²) in [6.07, 6.45) is -0.462. The number of rotatable bonds is 7. The minimum absolute atomic E-state index is 0.0137. The quantitative estimate of drug-likeness (QED) is 0.612. The van der Waals surface area contributed by atoms with Crippen molar-refractivity contribution < 1.29 is 29.0 Å². The van der Waals surface area contributed by atoms with E-state index >= 15 is 0 Å². The average molecular weight is 438 g/mol. The minimum Gasteiger partial charge on any atom is -0.480 e. The first-order valence-electron chi connectivity index (χ1n) is 10.7. The Morgan fingerprint density at radius 3 is 2.34 bits per heavy atom. The van der Waals surface area contributed by atoms with E-state index in [1.165, 1.54) is 6.92 Å². The lowest BCUT2D eigenvalue weighted by Gasteiger charge is -2.16. The summed E-state index contributed by atoms with van der Waals surface area (Å²) in [7, 11) is 0. The second-order valence-electron chi connectivity index (χ2n) is 8.16. The van der Waals surface area contributed by atoms with Crippen LogP contribution in [0.2, 0.25) is 0 Å². The molecule has 3 N–H and O–H groups in total. The number of aliphatic carboxylic acids is 1. The van der Waals surface area contributed by atoms with Crippen LogP contribution in [0.25, 0.3) is 11.1 Å². The van der Waals surface area contributed by atoms with E-state index in [1.54, 1.807) is 0 Å². The van der Waals surface area contributed by atoms with Crippen LogP contribution in [-0.4, -0.2) is 55.0 Å². The van der Waals surface area contributed by atoms with Gasteiger partial charge in [0.05, 0.1) is 18.6 Å². The Morgan fingerprint density at radius 2 is 1.72 bits per heavy atom. The first-order valence-corrected chi connectivity index (χ1v) is 10.7. The van der Waals surface area contributed by atoms with Gasteiger partial charge in [0.25, 0.3) is 0 Å². The van der Waals surface area contributed by atoms with Crippen LogP contribution >= 0.6 is 0 Å². The highest BCUT2D eigenvalue weighted by Gasteiger charge is 2.33. The number of carbonyl (C=O) groups excluding carboxylic acids is 2. The van der Waals surface area contributed by atoms with E-state index in [4.69, 9.17) is 14.6 Å². The predicted molar refractivity (Wildman–Crippen MR) is 116 cm³/mol. The molecule has 1 aliphatic carbocycles. The summed E-state index contributed by atoms with van der Waals surface area (Å²) in [6, 6.07) is 15.3. The van der Waals surface area contributed by atoms with Crippen molar-refractivity contribution in [2.45, 2.75) is 31.4 Å². The molecule has 32 heavy (non-hydrogen) atoms. The maximum absolute atomic E-state index is 12.3. The van der Waals surface area contributed by atoms with E-state index in [9.17, 15) is 14.4 Å². The van der Waals surface area contributed by atoms with E-state index in [-0.39, 0.29) is 37.7 Å². The van der Waals surface area contributed by atoms with E-state index in [0.717, 1.165) is 22.3 Å². The summed E-state index contributed by atoms with van der Waals surface area (Å²) >= 11 is 0. The zero-order valence-electron chi connectivity index (χ0n) is 17.7. The van der Waals surface area contributed by atoms with Crippen LogP contribution < -0.4 is 10.6 Å². The molecule has 0 unspecified atom stereocenters. The monoisotopic (exact) mass is 438 g/mol. The van der Waals surface area contributed by atoms with Crippen molar-refractivity contribution in [2.75, 3.05) is 19.8 Å². The highest BCUT2D eigenvalue weighted by molar-refractivity contribution is 5.85. The van der Waals surface area contributed by atoms with Gasteiger partial charge in [-0.3, -0.25) is 9.59 Å². The second kappa shape index (κ2) is 9.40. The first-order chi connectivity index (χ1) is 15.4. The van der Waals surface area contributed by atoms with Gasteiger partial charge in [0.1, 0.15) is 12.6 Å². The lowest BCUT2D eigenvalue weighted by Crippen LogP contribution is -2.42. The molecule has 0 bridgehead atoms. The number of benzene rings is 2. The molecule has 1 saturated heterocycles. The molecule has 168 valence electrons.